The van der Waals surface area contributed by atoms with Crippen LogP contribution in [0.4, 0.5) is 0 Å². The summed E-state index contributed by atoms with van der Waals surface area (Å²) >= 11 is 12.3. The lowest BCUT2D eigenvalue weighted by molar-refractivity contribution is -0.125. The minimum atomic E-state index is -0.132. The van der Waals surface area contributed by atoms with E-state index in [0.29, 0.717) is 16.6 Å². The van der Waals surface area contributed by atoms with E-state index in [2.05, 4.69) is 29.7 Å². The molecular formula is C20H22Cl2N2O. The average Bonchev–Trinajstić information content (AvgIpc) is 3.09. The van der Waals surface area contributed by atoms with Crippen LogP contribution in [-0.4, -0.2) is 19.0 Å². The van der Waals surface area contributed by atoms with E-state index in [-0.39, 0.29) is 23.8 Å². The fourth-order valence-electron chi connectivity index (χ4n) is 3.48. The third-order valence-electron chi connectivity index (χ3n) is 4.79. The molecule has 3 rings (SSSR count). The van der Waals surface area contributed by atoms with E-state index < -0.39 is 0 Å². The van der Waals surface area contributed by atoms with Crippen LogP contribution in [0.15, 0.2) is 48.5 Å². The average molecular weight is 377 g/mol. The van der Waals surface area contributed by atoms with Gasteiger partial charge in [-0.05, 0) is 35.7 Å². The highest BCUT2D eigenvalue weighted by Gasteiger charge is 2.35. The molecule has 1 aliphatic heterocycles. The van der Waals surface area contributed by atoms with E-state index in [1.165, 1.54) is 0 Å². The minimum Gasteiger partial charge on any atom is -0.349 e. The van der Waals surface area contributed by atoms with Gasteiger partial charge < -0.3 is 10.6 Å². The number of halogens is 2. The lowest BCUT2D eigenvalue weighted by atomic mass is 9.88. The zero-order valence-corrected chi connectivity index (χ0v) is 15.6. The van der Waals surface area contributed by atoms with Crippen LogP contribution in [-0.2, 0) is 4.79 Å². The first-order chi connectivity index (χ1) is 12.1. The Morgan fingerprint density at radius 1 is 1.16 bits per heavy atom. The summed E-state index contributed by atoms with van der Waals surface area (Å²) in [6, 6.07) is 15.6. The SMILES string of the molecule is CCC(NC(=O)C1CNCC1c1cc(Cl)cc(Cl)c1)c1ccccc1. The second kappa shape index (κ2) is 8.22. The summed E-state index contributed by atoms with van der Waals surface area (Å²) in [5, 5.41) is 7.74. The van der Waals surface area contributed by atoms with E-state index >= 15 is 0 Å². The normalized spacial score (nSPS) is 21.1. The zero-order chi connectivity index (χ0) is 17.8. The Labute approximate surface area is 158 Å². The van der Waals surface area contributed by atoms with Gasteiger partial charge in [0.05, 0.1) is 12.0 Å². The number of hydrogen-bond donors (Lipinski definition) is 2. The van der Waals surface area contributed by atoms with Gasteiger partial charge in [0, 0.05) is 29.1 Å². The van der Waals surface area contributed by atoms with Gasteiger partial charge in [-0.25, -0.2) is 0 Å². The summed E-state index contributed by atoms with van der Waals surface area (Å²) in [5.74, 6) is 0.0126. The lowest BCUT2D eigenvalue weighted by Gasteiger charge is -2.23. The van der Waals surface area contributed by atoms with Gasteiger partial charge in [-0.3, -0.25) is 4.79 Å². The maximum Gasteiger partial charge on any atom is 0.225 e. The fourth-order valence-corrected chi connectivity index (χ4v) is 4.02. The molecule has 0 aromatic heterocycles. The predicted molar refractivity (Wildman–Crippen MR) is 103 cm³/mol. The fraction of sp³-hybridized carbons (Fsp3) is 0.350. The third kappa shape index (κ3) is 4.35. The molecule has 5 heteroatoms. The molecule has 1 heterocycles. The Morgan fingerprint density at radius 2 is 1.84 bits per heavy atom. The van der Waals surface area contributed by atoms with Crippen LogP contribution in [0.25, 0.3) is 0 Å². The molecule has 3 nitrogen and oxygen atoms in total. The second-order valence-corrected chi connectivity index (χ2v) is 7.33. The zero-order valence-electron chi connectivity index (χ0n) is 14.1. The molecule has 1 saturated heterocycles. The number of hydrogen-bond acceptors (Lipinski definition) is 2. The molecule has 0 aliphatic carbocycles. The van der Waals surface area contributed by atoms with Crippen LogP contribution < -0.4 is 10.6 Å². The number of nitrogens with one attached hydrogen (secondary N) is 2. The largest absolute Gasteiger partial charge is 0.349 e. The molecule has 1 amide bonds. The Balaban J connectivity index is 1.76. The van der Waals surface area contributed by atoms with Crippen molar-refractivity contribution in [2.24, 2.45) is 5.92 Å². The van der Waals surface area contributed by atoms with Gasteiger partial charge >= 0.3 is 0 Å². The van der Waals surface area contributed by atoms with Crippen molar-refractivity contribution in [1.29, 1.82) is 0 Å². The summed E-state index contributed by atoms with van der Waals surface area (Å²) in [5.41, 5.74) is 2.14. The highest BCUT2D eigenvalue weighted by Crippen LogP contribution is 2.32. The van der Waals surface area contributed by atoms with Gasteiger partial charge in [0.1, 0.15) is 0 Å². The highest BCUT2D eigenvalue weighted by atomic mass is 35.5. The highest BCUT2D eigenvalue weighted by molar-refractivity contribution is 6.34. The first kappa shape index (κ1) is 18.2. The predicted octanol–water partition coefficient (Wildman–Crippen LogP) is 4.56. The Morgan fingerprint density at radius 3 is 2.48 bits per heavy atom. The Kier molecular flexibility index (Phi) is 6.00. The molecule has 1 aliphatic rings. The van der Waals surface area contributed by atoms with E-state index in [4.69, 9.17) is 23.2 Å². The van der Waals surface area contributed by atoms with Crippen LogP contribution in [0.3, 0.4) is 0 Å². The van der Waals surface area contributed by atoms with Gasteiger partial charge in [0.2, 0.25) is 5.91 Å². The van der Waals surface area contributed by atoms with Gasteiger partial charge in [-0.2, -0.15) is 0 Å². The molecule has 0 bridgehead atoms. The van der Waals surface area contributed by atoms with Crippen molar-refractivity contribution in [2.75, 3.05) is 13.1 Å². The lowest BCUT2D eigenvalue weighted by Crippen LogP contribution is -2.36. The van der Waals surface area contributed by atoms with Crippen LogP contribution in [0.1, 0.15) is 36.4 Å². The number of benzene rings is 2. The van der Waals surface area contributed by atoms with Crippen molar-refractivity contribution < 1.29 is 4.79 Å². The monoisotopic (exact) mass is 376 g/mol. The maximum atomic E-state index is 12.9. The molecule has 132 valence electrons. The summed E-state index contributed by atoms with van der Waals surface area (Å²) in [6.45, 7) is 3.49. The summed E-state index contributed by atoms with van der Waals surface area (Å²) in [4.78, 5) is 12.9. The van der Waals surface area contributed by atoms with Crippen molar-refractivity contribution in [3.05, 3.63) is 69.7 Å². The first-order valence-electron chi connectivity index (χ1n) is 8.60. The molecule has 2 aromatic rings. The molecule has 0 spiro atoms. The molecule has 3 atom stereocenters. The van der Waals surface area contributed by atoms with Crippen molar-refractivity contribution in [3.8, 4) is 0 Å². The number of carbonyl (C=O) groups is 1. The summed E-state index contributed by atoms with van der Waals surface area (Å²) in [6.07, 6.45) is 0.851. The van der Waals surface area contributed by atoms with Crippen molar-refractivity contribution in [1.82, 2.24) is 10.6 Å². The summed E-state index contributed by atoms with van der Waals surface area (Å²) in [7, 11) is 0. The Bertz CT molecular complexity index is 715. The third-order valence-corrected chi connectivity index (χ3v) is 5.23. The van der Waals surface area contributed by atoms with Gasteiger partial charge in [0.15, 0.2) is 0 Å². The minimum absolute atomic E-state index is 0.0258. The molecular weight excluding hydrogens is 355 g/mol. The van der Waals surface area contributed by atoms with E-state index in [0.717, 1.165) is 24.1 Å². The number of rotatable bonds is 5. The van der Waals surface area contributed by atoms with Crippen molar-refractivity contribution in [2.45, 2.75) is 25.3 Å². The van der Waals surface area contributed by atoms with E-state index in [9.17, 15) is 4.79 Å². The second-order valence-electron chi connectivity index (χ2n) is 6.45. The van der Waals surface area contributed by atoms with Crippen molar-refractivity contribution in [3.63, 3.8) is 0 Å². The smallest absolute Gasteiger partial charge is 0.225 e. The molecule has 0 radical (unpaired) electrons. The molecule has 1 fully saturated rings. The standard InChI is InChI=1S/C20H22Cl2N2O/c1-2-19(13-6-4-3-5-7-13)24-20(25)18-12-23-11-17(18)14-8-15(21)10-16(22)9-14/h3-10,17-19,23H,2,11-12H2,1H3,(H,24,25). The molecule has 3 unspecified atom stereocenters. The van der Waals surface area contributed by atoms with Gasteiger partial charge in [-0.15, -0.1) is 0 Å². The molecule has 2 N–H and O–H groups in total. The first-order valence-corrected chi connectivity index (χ1v) is 9.36. The van der Waals surface area contributed by atoms with Gasteiger partial charge in [0.25, 0.3) is 0 Å². The molecule has 2 aromatic carbocycles. The van der Waals surface area contributed by atoms with Crippen LogP contribution in [0, 0.1) is 5.92 Å². The van der Waals surface area contributed by atoms with Crippen LogP contribution >= 0.6 is 23.2 Å². The Hall–Kier alpha value is -1.55. The molecule has 25 heavy (non-hydrogen) atoms. The van der Waals surface area contributed by atoms with Crippen molar-refractivity contribution >= 4 is 29.1 Å². The molecule has 0 saturated carbocycles. The quantitative estimate of drug-likeness (QED) is 0.802. The van der Waals surface area contributed by atoms with E-state index in [1.807, 2.05) is 30.3 Å². The topological polar surface area (TPSA) is 41.1 Å². The van der Waals surface area contributed by atoms with Crippen LogP contribution in [0.2, 0.25) is 10.0 Å². The maximum absolute atomic E-state index is 12.9. The summed E-state index contributed by atoms with van der Waals surface area (Å²) < 4.78 is 0. The number of amides is 1. The van der Waals surface area contributed by atoms with E-state index in [1.54, 1.807) is 6.07 Å². The van der Waals surface area contributed by atoms with Crippen LogP contribution in [0.5, 0.6) is 0 Å². The number of carbonyl (C=O) groups excluding carboxylic acids is 1. The van der Waals surface area contributed by atoms with Gasteiger partial charge in [-0.1, -0.05) is 60.5 Å².